The van der Waals surface area contributed by atoms with Crippen LogP contribution in [0.25, 0.3) is 16.7 Å². The second-order valence-corrected chi connectivity index (χ2v) is 8.26. The number of aromatic nitrogens is 4. The number of benzene rings is 2. The number of nitrogen functional groups attached to an aromatic ring is 1. The van der Waals surface area contributed by atoms with Gasteiger partial charge in [0.2, 0.25) is 0 Å². The van der Waals surface area contributed by atoms with Gasteiger partial charge in [-0.05, 0) is 43.7 Å². The number of aryl methyl sites for hydroxylation is 1. The van der Waals surface area contributed by atoms with Gasteiger partial charge in [0.25, 0.3) is 5.91 Å². The fourth-order valence-electron chi connectivity index (χ4n) is 4.00. The Morgan fingerprint density at radius 3 is 2.94 bits per heavy atom. The van der Waals surface area contributed by atoms with E-state index in [1.165, 1.54) is 0 Å². The van der Waals surface area contributed by atoms with Crippen LogP contribution in [0.4, 0.5) is 11.5 Å². The molecule has 0 spiro atoms. The molecule has 1 amide bonds. The van der Waals surface area contributed by atoms with Gasteiger partial charge >= 0.3 is 0 Å². The van der Waals surface area contributed by atoms with Crippen LogP contribution in [0.5, 0.6) is 0 Å². The number of nitrogens with two attached hydrogens (primary N) is 1. The largest absolute Gasteiger partial charge is 0.380 e. The van der Waals surface area contributed by atoms with Gasteiger partial charge in [-0.25, -0.2) is 9.67 Å². The van der Waals surface area contributed by atoms with Crippen LogP contribution in [-0.4, -0.2) is 45.0 Å². The minimum atomic E-state index is -0.256. The highest BCUT2D eigenvalue weighted by atomic mass is 35.5. The predicted octanol–water partition coefficient (Wildman–Crippen LogP) is 2.83. The van der Waals surface area contributed by atoms with Crippen LogP contribution in [0.1, 0.15) is 28.2 Å². The minimum absolute atomic E-state index is 0.104. The van der Waals surface area contributed by atoms with Crippen molar-refractivity contribution in [3.05, 3.63) is 58.6 Å². The SMILES string of the molecule is Cc1ncn(-c2ccc(C(=O)N[C@@H]3CCN(c4cc(C#N)cc5c(N)noc45)C3)c(Cl)c2)n1. The summed E-state index contributed by atoms with van der Waals surface area (Å²) in [6.07, 6.45) is 2.32. The Morgan fingerprint density at radius 1 is 1.36 bits per heavy atom. The lowest BCUT2D eigenvalue weighted by molar-refractivity contribution is 0.0940. The Hall–Kier alpha value is -4.10. The maximum Gasteiger partial charge on any atom is 0.253 e. The Balaban J connectivity index is 1.32. The molecule has 4 aromatic rings. The average molecular weight is 463 g/mol. The van der Waals surface area contributed by atoms with Gasteiger partial charge in [-0.3, -0.25) is 4.79 Å². The first kappa shape index (κ1) is 20.8. The van der Waals surface area contributed by atoms with Gasteiger partial charge in [-0.1, -0.05) is 16.8 Å². The van der Waals surface area contributed by atoms with E-state index in [9.17, 15) is 10.1 Å². The maximum atomic E-state index is 12.9. The van der Waals surface area contributed by atoms with Crippen LogP contribution in [0, 0.1) is 18.3 Å². The molecule has 0 radical (unpaired) electrons. The fourth-order valence-corrected chi connectivity index (χ4v) is 4.26. The smallest absolute Gasteiger partial charge is 0.253 e. The molecule has 0 saturated carbocycles. The summed E-state index contributed by atoms with van der Waals surface area (Å²) in [6, 6.07) is 10.6. The standard InChI is InChI=1S/C22H19ClN8O2/c1-12-26-11-31(28-12)15-2-3-16(18(23)8-15)22(32)27-14-4-5-30(10-14)19-7-13(9-24)6-17-20(19)33-29-21(17)25/h2-3,6-8,11,14H,4-5,10H2,1H3,(H2,25,29)(H,27,32)/t14-/m1/s1. The first-order chi connectivity index (χ1) is 15.9. The predicted molar refractivity (Wildman–Crippen MR) is 122 cm³/mol. The van der Waals surface area contributed by atoms with Crippen molar-refractivity contribution >= 4 is 40.0 Å². The molecule has 11 heteroatoms. The molecule has 166 valence electrons. The van der Waals surface area contributed by atoms with E-state index in [4.69, 9.17) is 21.9 Å². The fraction of sp³-hybridized carbons (Fsp3) is 0.227. The molecule has 1 aliphatic heterocycles. The summed E-state index contributed by atoms with van der Waals surface area (Å²) in [4.78, 5) is 19.0. The minimum Gasteiger partial charge on any atom is -0.380 e. The molecule has 0 unspecified atom stereocenters. The van der Waals surface area contributed by atoms with Crippen LogP contribution >= 0.6 is 11.6 Å². The molecule has 10 nitrogen and oxygen atoms in total. The molecule has 2 aromatic carbocycles. The van der Waals surface area contributed by atoms with Crippen molar-refractivity contribution in [1.82, 2.24) is 25.2 Å². The van der Waals surface area contributed by atoms with Crippen molar-refractivity contribution in [3.8, 4) is 11.8 Å². The number of hydrogen-bond acceptors (Lipinski definition) is 8. The lowest BCUT2D eigenvalue weighted by atomic mass is 10.1. The zero-order valence-electron chi connectivity index (χ0n) is 17.6. The second kappa shape index (κ2) is 8.11. The van der Waals surface area contributed by atoms with E-state index in [2.05, 4.69) is 31.5 Å². The molecule has 33 heavy (non-hydrogen) atoms. The Bertz CT molecular complexity index is 1420. The zero-order valence-corrected chi connectivity index (χ0v) is 18.4. The van der Waals surface area contributed by atoms with Crippen molar-refractivity contribution in [1.29, 1.82) is 5.26 Å². The summed E-state index contributed by atoms with van der Waals surface area (Å²) in [5.74, 6) is 0.629. The van der Waals surface area contributed by atoms with Crippen molar-refractivity contribution in [3.63, 3.8) is 0 Å². The molecule has 3 heterocycles. The van der Waals surface area contributed by atoms with Crippen LogP contribution in [-0.2, 0) is 0 Å². The van der Waals surface area contributed by atoms with E-state index in [0.29, 0.717) is 46.0 Å². The van der Waals surface area contributed by atoms with E-state index in [-0.39, 0.29) is 17.8 Å². The average Bonchev–Trinajstić information content (AvgIpc) is 3.54. The number of halogens is 1. The van der Waals surface area contributed by atoms with Gasteiger partial charge in [0.05, 0.1) is 39.0 Å². The lowest BCUT2D eigenvalue weighted by Crippen LogP contribution is -2.37. The summed E-state index contributed by atoms with van der Waals surface area (Å²) in [5.41, 5.74) is 8.71. The number of hydrogen-bond donors (Lipinski definition) is 2. The summed E-state index contributed by atoms with van der Waals surface area (Å²) in [5, 5.41) is 21.4. The topological polar surface area (TPSA) is 139 Å². The highest BCUT2D eigenvalue weighted by Gasteiger charge is 2.28. The van der Waals surface area contributed by atoms with E-state index in [1.54, 1.807) is 48.3 Å². The number of nitrogens with one attached hydrogen (secondary N) is 1. The molecular formula is C22H19ClN8O2. The van der Waals surface area contributed by atoms with Crippen LogP contribution in [0.15, 0.2) is 41.2 Å². The Morgan fingerprint density at radius 2 is 2.21 bits per heavy atom. The van der Waals surface area contributed by atoms with Crippen molar-refractivity contribution in [2.75, 3.05) is 23.7 Å². The molecule has 1 atom stereocenters. The summed E-state index contributed by atoms with van der Waals surface area (Å²) >= 11 is 6.40. The van der Waals surface area contributed by atoms with Crippen LogP contribution in [0.2, 0.25) is 5.02 Å². The summed E-state index contributed by atoms with van der Waals surface area (Å²) in [6.45, 7) is 3.02. The maximum absolute atomic E-state index is 12.9. The molecule has 2 aromatic heterocycles. The van der Waals surface area contributed by atoms with Gasteiger partial charge in [0.1, 0.15) is 12.2 Å². The number of carbonyl (C=O) groups excluding carboxylic acids is 1. The highest BCUT2D eigenvalue weighted by Crippen LogP contribution is 2.33. The van der Waals surface area contributed by atoms with E-state index in [0.717, 1.165) is 17.8 Å². The first-order valence-electron chi connectivity index (χ1n) is 10.3. The lowest BCUT2D eigenvalue weighted by Gasteiger charge is -2.19. The van der Waals surface area contributed by atoms with Crippen molar-refractivity contribution in [2.45, 2.75) is 19.4 Å². The molecule has 5 rings (SSSR count). The summed E-state index contributed by atoms with van der Waals surface area (Å²) < 4.78 is 7.00. The van der Waals surface area contributed by atoms with Gasteiger partial charge in [0, 0.05) is 19.1 Å². The number of anilines is 2. The third-order valence-corrected chi connectivity index (χ3v) is 5.95. The van der Waals surface area contributed by atoms with Gasteiger partial charge in [-0.2, -0.15) is 10.4 Å². The third-order valence-electron chi connectivity index (χ3n) is 5.64. The first-order valence-corrected chi connectivity index (χ1v) is 10.6. The third kappa shape index (κ3) is 3.83. The van der Waals surface area contributed by atoms with Gasteiger partial charge in [0.15, 0.2) is 11.4 Å². The number of nitriles is 1. The quantitative estimate of drug-likeness (QED) is 0.472. The molecule has 1 saturated heterocycles. The van der Waals surface area contributed by atoms with Crippen LogP contribution < -0.4 is 16.0 Å². The van der Waals surface area contributed by atoms with Crippen molar-refractivity contribution < 1.29 is 9.32 Å². The van der Waals surface area contributed by atoms with E-state index < -0.39 is 0 Å². The number of amides is 1. The number of carbonyl (C=O) groups is 1. The number of fused-ring (bicyclic) bond motifs is 1. The number of nitrogens with zero attached hydrogens (tertiary/aromatic N) is 6. The Labute approximate surface area is 193 Å². The Kier molecular flexibility index (Phi) is 5.11. The van der Waals surface area contributed by atoms with Crippen molar-refractivity contribution in [2.24, 2.45) is 0 Å². The molecule has 1 aliphatic rings. The normalized spacial score (nSPS) is 15.7. The second-order valence-electron chi connectivity index (χ2n) is 7.86. The van der Waals surface area contributed by atoms with E-state index in [1.807, 2.05) is 0 Å². The van der Waals surface area contributed by atoms with E-state index >= 15 is 0 Å². The molecule has 0 aliphatic carbocycles. The monoisotopic (exact) mass is 462 g/mol. The molecular weight excluding hydrogens is 444 g/mol. The zero-order chi connectivity index (χ0) is 23.1. The summed E-state index contributed by atoms with van der Waals surface area (Å²) in [7, 11) is 0. The molecule has 0 bridgehead atoms. The van der Waals surface area contributed by atoms with Crippen LogP contribution in [0.3, 0.4) is 0 Å². The van der Waals surface area contributed by atoms with Gasteiger partial charge in [-0.15, -0.1) is 0 Å². The molecule has 3 N–H and O–H groups in total. The van der Waals surface area contributed by atoms with Gasteiger partial charge < -0.3 is 20.5 Å². The molecule has 1 fully saturated rings. The highest BCUT2D eigenvalue weighted by molar-refractivity contribution is 6.34. The number of rotatable bonds is 4.